The second-order valence-electron chi connectivity index (χ2n) is 4.85. The molecule has 0 saturated carbocycles. The molecule has 2 nitrogen and oxygen atoms in total. The highest BCUT2D eigenvalue weighted by atomic mass is 32.2. The maximum atomic E-state index is 10.0. The Kier molecular flexibility index (Phi) is 6.03. The molecule has 0 amide bonds. The van der Waals surface area contributed by atoms with E-state index in [1.165, 1.54) is 4.90 Å². The first kappa shape index (κ1) is 14.6. The van der Waals surface area contributed by atoms with Gasteiger partial charge < -0.3 is 10.4 Å². The van der Waals surface area contributed by atoms with Crippen LogP contribution in [0.3, 0.4) is 0 Å². The highest BCUT2D eigenvalue weighted by Gasteiger charge is 2.23. The minimum absolute atomic E-state index is 0.275. The summed E-state index contributed by atoms with van der Waals surface area (Å²) in [5.74, 6) is 1.30. The average molecular weight is 253 g/mol. The monoisotopic (exact) mass is 253 g/mol. The van der Waals surface area contributed by atoms with Crippen LogP contribution in [0.5, 0.6) is 0 Å². The fourth-order valence-corrected chi connectivity index (χ4v) is 2.14. The predicted octanol–water partition coefficient (Wildman–Crippen LogP) is 2.78. The van der Waals surface area contributed by atoms with E-state index in [4.69, 9.17) is 0 Å². The van der Waals surface area contributed by atoms with E-state index in [-0.39, 0.29) is 5.92 Å². The van der Waals surface area contributed by atoms with Gasteiger partial charge in [-0.1, -0.05) is 32.0 Å². The summed E-state index contributed by atoms with van der Waals surface area (Å²) < 4.78 is 0. The second-order valence-corrected chi connectivity index (χ2v) is 6.02. The maximum Gasteiger partial charge on any atom is 0.0766 e. The fourth-order valence-electron chi connectivity index (χ4n) is 1.30. The predicted molar refractivity (Wildman–Crippen MR) is 75.5 cm³/mol. The Morgan fingerprint density at radius 2 is 1.94 bits per heavy atom. The van der Waals surface area contributed by atoms with Gasteiger partial charge in [-0.05, 0) is 25.0 Å². The largest absolute Gasteiger partial charge is 0.389 e. The molecule has 1 aromatic rings. The minimum atomic E-state index is -0.614. The number of hydrogen-bond donors (Lipinski definition) is 2. The van der Waals surface area contributed by atoms with E-state index in [1.54, 1.807) is 0 Å². The number of nitrogens with one attached hydrogen (secondary N) is 1. The molecule has 0 aromatic heterocycles. The summed E-state index contributed by atoms with van der Waals surface area (Å²) in [6.45, 7) is 7.54. The molecule has 1 aromatic carbocycles. The van der Waals surface area contributed by atoms with Gasteiger partial charge in [-0.2, -0.15) is 0 Å². The maximum absolute atomic E-state index is 10.0. The van der Waals surface area contributed by atoms with Crippen LogP contribution in [0.2, 0.25) is 0 Å². The molecule has 0 aliphatic heterocycles. The van der Waals surface area contributed by atoms with E-state index in [0.717, 1.165) is 12.3 Å². The van der Waals surface area contributed by atoms with E-state index in [2.05, 4.69) is 29.6 Å². The number of thioether (sulfide) groups is 1. The first-order chi connectivity index (χ1) is 8.02. The van der Waals surface area contributed by atoms with E-state index in [9.17, 15) is 5.11 Å². The summed E-state index contributed by atoms with van der Waals surface area (Å²) in [6.07, 6.45) is 0. The van der Waals surface area contributed by atoms with Crippen molar-refractivity contribution < 1.29 is 5.11 Å². The summed E-state index contributed by atoms with van der Waals surface area (Å²) in [5.41, 5.74) is -0.614. The van der Waals surface area contributed by atoms with Crippen molar-refractivity contribution >= 4 is 11.8 Å². The van der Waals surface area contributed by atoms with E-state index in [1.807, 2.05) is 38.6 Å². The number of hydrogen-bond acceptors (Lipinski definition) is 3. The third kappa shape index (κ3) is 5.57. The third-order valence-electron chi connectivity index (χ3n) is 3.02. The molecule has 3 heteroatoms. The van der Waals surface area contributed by atoms with E-state index >= 15 is 0 Å². The lowest BCUT2D eigenvalue weighted by Crippen LogP contribution is -2.42. The van der Waals surface area contributed by atoms with Crippen molar-refractivity contribution in [1.29, 1.82) is 0 Å². The van der Waals surface area contributed by atoms with Crippen LogP contribution in [-0.4, -0.2) is 29.5 Å². The Bertz CT molecular complexity index is 311. The molecule has 1 unspecified atom stereocenters. The molecule has 17 heavy (non-hydrogen) atoms. The van der Waals surface area contributed by atoms with Crippen molar-refractivity contribution in [3.05, 3.63) is 30.3 Å². The first-order valence-corrected chi connectivity index (χ1v) is 7.12. The van der Waals surface area contributed by atoms with Gasteiger partial charge in [-0.3, -0.25) is 0 Å². The lowest BCUT2D eigenvalue weighted by molar-refractivity contribution is 0.0148. The topological polar surface area (TPSA) is 32.3 Å². The molecule has 96 valence electrons. The Morgan fingerprint density at radius 3 is 2.53 bits per heavy atom. The SMILES string of the molecule is CC(C)C(C)(O)CNCCSc1ccccc1. The van der Waals surface area contributed by atoms with Crippen molar-refractivity contribution in [3.8, 4) is 0 Å². The quantitative estimate of drug-likeness (QED) is 0.579. The molecule has 0 aliphatic carbocycles. The summed E-state index contributed by atoms with van der Waals surface area (Å²) in [6, 6.07) is 10.4. The number of benzene rings is 1. The molecule has 0 fully saturated rings. The first-order valence-electron chi connectivity index (χ1n) is 6.13. The molecule has 0 heterocycles. The summed E-state index contributed by atoms with van der Waals surface area (Å²) >= 11 is 1.84. The van der Waals surface area contributed by atoms with Gasteiger partial charge in [0.1, 0.15) is 0 Å². The van der Waals surface area contributed by atoms with E-state index < -0.39 is 5.60 Å². The van der Waals surface area contributed by atoms with Crippen LogP contribution in [0.1, 0.15) is 20.8 Å². The second kappa shape index (κ2) is 7.04. The van der Waals surface area contributed by atoms with Gasteiger partial charge in [0.25, 0.3) is 0 Å². The van der Waals surface area contributed by atoms with Gasteiger partial charge in [0.2, 0.25) is 0 Å². The molecular formula is C14H23NOS. The van der Waals surface area contributed by atoms with Crippen LogP contribution in [0.25, 0.3) is 0 Å². The van der Waals surface area contributed by atoms with Crippen LogP contribution in [0.4, 0.5) is 0 Å². The molecule has 1 rings (SSSR count). The Labute approximate surface area is 109 Å². The van der Waals surface area contributed by atoms with Gasteiger partial charge in [0, 0.05) is 23.7 Å². The van der Waals surface area contributed by atoms with Crippen molar-refractivity contribution in [2.45, 2.75) is 31.3 Å². The number of aliphatic hydroxyl groups is 1. The van der Waals surface area contributed by atoms with Gasteiger partial charge in [-0.15, -0.1) is 11.8 Å². The number of rotatable bonds is 7. The van der Waals surface area contributed by atoms with Crippen LogP contribution in [0, 0.1) is 5.92 Å². The summed E-state index contributed by atoms with van der Waals surface area (Å²) in [4.78, 5) is 1.30. The molecule has 2 N–H and O–H groups in total. The van der Waals surface area contributed by atoms with Crippen molar-refractivity contribution in [3.63, 3.8) is 0 Å². The van der Waals surface area contributed by atoms with E-state index in [0.29, 0.717) is 6.54 Å². The summed E-state index contributed by atoms with van der Waals surface area (Å²) in [5, 5.41) is 13.3. The molecule has 0 saturated heterocycles. The highest BCUT2D eigenvalue weighted by molar-refractivity contribution is 7.99. The fraction of sp³-hybridized carbons (Fsp3) is 0.571. The van der Waals surface area contributed by atoms with Crippen molar-refractivity contribution in [2.75, 3.05) is 18.8 Å². The Balaban J connectivity index is 2.13. The molecule has 0 radical (unpaired) electrons. The zero-order chi connectivity index (χ0) is 12.7. The lowest BCUT2D eigenvalue weighted by atomic mass is 9.93. The average Bonchev–Trinajstić information content (AvgIpc) is 2.29. The van der Waals surface area contributed by atoms with Gasteiger partial charge >= 0.3 is 0 Å². The van der Waals surface area contributed by atoms with Gasteiger partial charge in [0.05, 0.1) is 5.60 Å². The van der Waals surface area contributed by atoms with Crippen LogP contribution in [0.15, 0.2) is 35.2 Å². The van der Waals surface area contributed by atoms with Crippen LogP contribution < -0.4 is 5.32 Å². The van der Waals surface area contributed by atoms with Crippen molar-refractivity contribution in [1.82, 2.24) is 5.32 Å². The highest BCUT2D eigenvalue weighted by Crippen LogP contribution is 2.17. The smallest absolute Gasteiger partial charge is 0.0766 e. The molecule has 0 spiro atoms. The summed E-state index contributed by atoms with van der Waals surface area (Å²) in [7, 11) is 0. The zero-order valence-electron chi connectivity index (χ0n) is 10.9. The molecule has 0 aliphatic rings. The zero-order valence-corrected chi connectivity index (χ0v) is 11.8. The van der Waals surface area contributed by atoms with Crippen LogP contribution >= 0.6 is 11.8 Å². The minimum Gasteiger partial charge on any atom is -0.389 e. The Hall–Kier alpha value is -0.510. The standard InChI is InChI=1S/C14H23NOS/c1-12(2)14(3,16)11-15-9-10-17-13-7-5-4-6-8-13/h4-8,12,15-16H,9-11H2,1-3H3. The van der Waals surface area contributed by atoms with Gasteiger partial charge in [-0.25, -0.2) is 0 Å². The lowest BCUT2D eigenvalue weighted by Gasteiger charge is -2.27. The normalized spacial score (nSPS) is 14.9. The van der Waals surface area contributed by atoms with Crippen LogP contribution in [-0.2, 0) is 0 Å². The molecular weight excluding hydrogens is 230 g/mol. The molecule has 0 bridgehead atoms. The van der Waals surface area contributed by atoms with Gasteiger partial charge in [0.15, 0.2) is 0 Å². The Morgan fingerprint density at radius 1 is 1.29 bits per heavy atom. The molecule has 1 atom stereocenters. The third-order valence-corrected chi connectivity index (χ3v) is 4.03. The van der Waals surface area contributed by atoms with Crippen molar-refractivity contribution in [2.24, 2.45) is 5.92 Å².